The van der Waals surface area contributed by atoms with E-state index < -0.39 is 73.4 Å². The molecule has 334 valence electrons. The van der Waals surface area contributed by atoms with Gasteiger partial charge in [-0.25, -0.2) is 18.7 Å². The van der Waals surface area contributed by atoms with Crippen LogP contribution in [-0.2, 0) is 41.6 Å². The van der Waals surface area contributed by atoms with Gasteiger partial charge in [0.2, 0.25) is 0 Å². The molecule has 3 aromatic rings. The maximum Gasteiger partial charge on any atom is 0.335 e. The Morgan fingerprint density at radius 2 is 1.18 bits per heavy atom. The van der Waals surface area contributed by atoms with E-state index in [1.165, 1.54) is 0 Å². The Kier molecular flexibility index (Phi) is 15.5. The standard InChI is InChI=1S/C39H46Cl4N4O14/c1-3-44-22-14-18(40)19(41)15-23(22)45(4-2)26(44)8-5-9-27-46(10-6-12-58-38-32(52)28(48)30(50)34(60-38)36(54)55)24-16-20(42)21(43)17-25(24)47(27)11-7-13-59-39-33(53)29(49)31(51)35(61-39)37(56)57/h5,8-9,14-17,28-35,38-39,48-53H,3-4,6-7,10-13H2,1-2H3,(H-,54,55,56,57)/p+1/t28-,29+,30+,31-,32?,33?,34?,35?,38-,39+. The second-order valence-electron chi connectivity index (χ2n) is 14.5. The first kappa shape index (κ1) is 47.2. The highest BCUT2D eigenvalue weighted by Gasteiger charge is 2.48. The summed E-state index contributed by atoms with van der Waals surface area (Å²) in [6.07, 6.45) is -11.4. The molecule has 0 bridgehead atoms. The number of hydrogen-bond acceptors (Lipinski definition) is 14. The highest BCUT2D eigenvalue weighted by atomic mass is 35.5. The van der Waals surface area contributed by atoms with E-state index >= 15 is 0 Å². The predicted octanol–water partition coefficient (Wildman–Crippen LogP) is 2.36. The SMILES string of the molecule is CCN1C(=CC=Cc2n(CCCO[C@H]3OC(C(=O)O)[C@H](O)[C@H](O)C3O)c3cc(Cl)c(Cl)cc3[n+]2CCCO[C@@H]2OC(C(=O)O)[C@@H](O)[C@@H](O)C2O)N(CC)c2cc(Cl)c(Cl)cc21. The van der Waals surface area contributed by atoms with Crippen molar-refractivity contribution in [1.82, 2.24) is 4.57 Å². The number of halogens is 4. The van der Waals surface area contributed by atoms with E-state index in [0.29, 0.717) is 40.0 Å². The van der Waals surface area contributed by atoms with Crippen LogP contribution < -0.4 is 14.4 Å². The maximum atomic E-state index is 11.6. The van der Waals surface area contributed by atoms with Gasteiger partial charge in [-0.15, -0.1) is 0 Å². The molecular weight excluding hydrogens is 890 g/mol. The molecule has 3 aliphatic heterocycles. The average Bonchev–Trinajstić information content (AvgIpc) is 3.66. The minimum absolute atomic E-state index is 0.0825. The fourth-order valence-corrected chi connectivity index (χ4v) is 8.27. The molecule has 2 aromatic carbocycles. The predicted molar refractivity (Wildman–Crippen MR) is 222 cm³/mol. The Morgan fingerprint density at radius 3 is 1.67 bits per heavy atom. The summed E-state index contributed by atoms with van der Waals surface area (Å²) in [6.45, 7) is 5.60. The Bertz CT molecular complexity index is 2020. The van der Waals surface area contributed by atoms with Crippen LogP contribution in [0.2, 0.25) is 20.1 Å². The molecule has 10 atom stereocenters. The molecule has 0 saturated carbocycles. The van der Waals surface area contributed by atoms with Gasteiger partial charge in [0.25, 0.3) is 5.82 Å². The highest BCUT2D eigenvalue weighted by Crippen LogP contribution is 2.45. The van der Waals surface area contributed by atoms with Crippen LogP contribution in [0.1, 0.15) is 32.5 Å². The number of imidazole rings is 1. The van der Waals surface area contributed by atoms with Crippen LogP contribution in [0.25, 0.3) is 17.1 Å². The molecule has 2 fully saturated rings. The van der Waals surface area contributed by atoms with E-state index in [-0.39, 0.29) is 49.2 Å². The Labute approximate surface area is 369 Å². The van der Waals surface area contributed by atoms with Gasteiger partial charge in [0.1, 0.15) is 42.4 Å². The van der Waals surface area contributed by atoms with Crippen LogP contribution in [0, 0.1) is 0 Å². The molecule has 1 aromatic heterocycles. The summed E-state index contributed by atoms with van der Waals surface area (Å²) in [5.41, 5.74) is 3.08. The van der Waals surface area contributed by atoms with Crippen molar-refractivity contribution < 1.29 is 74.0 Å². The zero-order valence-electron chi connectivity index (χ0n) is 32.8. The Morgan fingerprint density at radius 1 is 0.705 bits per heavy atom. The molecular formula is C39H47Cl4N4O14+. The third kappa shape index (κ3) is 9.63. The molecule has 0 radical (unpaired) electrons. The lowest BCUT2D eigenvalue weighted by molar-refractivity contribution is -0.674. The summed E-state index contributed by atoms with van der Waals surface area (Å²) >= 11 is 26.0. The number of carbonyl (C=O) groups is 2. The van der Waals surface area contributed by atoms with Crippen LogP contribution in [0.3, 0.4) is 0 Å². The number of nitrogens with zero attached hydrogens (tertiary/aromatic N) is 4. The van der Waals surface area contributed by atoms with E-state index in [1.807, 2.05) is 53.3 Å². The molecule has 8 N–H and O–H groups in total. The van der Waals surface area contributed by atoms with Gasteiger partial charge in [-0.3, -0.25) is 0 Å². The summed E-state index contributed by atoms with van der Waals surface area (Å²) in [4.78, 5) is 27.4. The number of anilines is 2. The first-order chi connectivity index (χ1) is 29.0. The minimum atomic E-state index is -1.87. The molecule has 4 heterocycles. The molecule has 3 aliphatic rings. The van der Waals surface area contributed by atoms with Crippen molar-refractivity contribution in [3.63, 3.8) is 0 Å². The van der Waals surface area contributed by atoms with Gasteiger partial charge in [-0.1, -0.05) is 52.5 Å². The van der Waals surface area contributed by atoms with E-state index in [2.05, 4.69) is 9.80 Å². The average molecular weight is 938 g/mol. The van der Waals surface area contributed by atoms with Crippen LogP contribution in [-0.4, -0.2) is 145 Å². The van der Waals surface area contributed by atoms with Crippen molar-refractivity contribution in [3.05, 3.63) is 68.2 Å². The van der Waals surface area contributed by atoms with E-state index in [9.17, 15) is 50.4 Å². The molecule has 0 aliphatic carbocycles. The largest absolute Gasteiger partial charge is 0.479 e. The fraction of sp³-hybridized carbons (Fsp3) is 0.513. The highest BCUT2D eigenvalue weighted by molar-refractivity contribution is 6.43. The monoisotopic (exact) mass is 935 g/mol. The second-order valence-corrected chi connectivity index (χ2v) is 16.1. The van der Waals surface area contributed by atoms with Crippen molar-refractivity contribution in [2.45, 2.75) is 101 Å². The minimum Gasteiger partial charge on any atom is -0.479 e. The molecule has 18 nitrogen and oxygen atoms in total. The summed E-state index contributed by atoms with van der Waals surface area (Å²) < 4.78 is 25.8. The van der Waals surface area contributed by atoms with Crippen molar-refractivity contribution in [1.29, 1.82) is 0 Å². The number of carboxylic acids is 2. The number of aliphatic hydroxyl groups excluding tert-OH is 6. The number of aliphatic hydroxyl groups is 6. The maximum absolute atomic E-state index is 11.6. The molecule has 2 saturated heterocycles. The third-order valence-electron chi connectivity index (χ3n) is 10.7. The smallest absolute Gasteiger partial charge is 0.335 e. The number of aliphatic carboxylic acids is 2. The van der Waals surface area contributed by atoms with Gasteiger partial charge >= 0.3 is 11.9 Å². The first-order valence-corrected chi connectivity index (χ1v) is 20.9. The van der Waals surface area contributed by atoms with Crippen molar-refractivity contribution in [3.8, 4) is 0 Å². The molecule has 0 spiro atoms. The van der Waals surface area contributed by atoms with Gasteiger partial charge in [0.05, 0.1) is 57.8 Å². The van der Waals surface area contributed by atoms with Gasteiger partial charge in [-0.2, -0.15) is 0 Å². The zero-order chi connectivity index (χ0) is 44.4. The van der Waals surface area contributed by atoms with Gasteiger partial charge in [0, 0.05) is 44.1 Å². The Balaban J connectivity index is 1.31. The summed E-state index contributed by atoms with van der Waals surface area (Å²) in [5.74, 6) is -1.59. The molecule has 6 rings (SSSR count). The molecule has 61 heavy (non-hydrogen) atoms. The van der Waals surface area contributed by atoms with E-state index in [1.54, 1.807) is 12.1 Å². The van der Waals surface area contributed by atoms with Crippen molar-refractivity contribution >= 4 is 86.8 Å². The first-order valence-electron chi connectivity index (χ1n) is 19.4. The number of carboxylic acid groups (broad SMARTS) is 2. The fourth-order valence-electron chi connectivity index (χ4n) is 7.64. The van der Waals surface area contributed by atoms with Gasteiger partial charge in [-0.05, 0) is 32.1 Å². The summed E-state index contributed by atoms with van der Waals surface area (Å²) in [7, 11) is 0. The second kappa shape index (κ2) is 20.0. The lowest BCUT2D eigenvalue weighted by Gasteiger charge is -2.38. The number of allylic oxidation sites excluding steroid dienone is 2. The van der Waals surface area contributed by atoms with Crippen molar-refractivity contribution in [2.75, 3.05) is 36.1 Å². The van der Waals surface area contributed by atoms with Gasteiger partial charge in [0.15, 0.2) is 35.8 Å². The summed E-state index contributed by atoms with van der Waals surface area (Å²) in [6, 6.07) is 7.03. The lowest BCUT2D eigenvalue weighted by atomic mass is 9.99. The van der Waals surface area contributed by atoms with Crippen LogP contribution >= 0.6 is 46.4 Å². The Hall–Kier alpha value is -3.31. The van der Waals surface area contributed by atoms with E-state index in [0.717, 1.165) is 17.2 Å². The number of aromatic nitrogens is 2. The third-order valence-corrected chi connectivity index (χ3v) is 12.1. The number of rotatable bonds is 16. The van der Waals surface area contributed by atoms with Gasteiger partial charge < -0.3 is 69.6 Å². The number of aryl methyl sites for hydroxylation is 2. The zero-order valence-corrected chi connectivity index (χ0v) is 35.8. The van der Waals surface area contributed by atoms with Crippen molar-refractivity contribution in [2.24, 2.45) is 0 Å². The topological polar surface area (TPSA) is 248 Å². The van der Waals surface area contributed by atoms with Crippen LogP contribution in [0.4, 0.5) is 11.4 Å². The quantitative estimate of drug-likeness (QED) is 0.0759. The molecule has 0 amide bonds. The van der Waals surface area contributed by atoms with Crippen LogP contribution in [0.15, 0.2) is 42.2 Å². The number of ether oxygens (including phenoxy) is 4. The molecule has 4 unspecified atom stereocenters. The number of benzene rings is 2. The normalized spacial score (nSPS) is 28.0. The number of fused-ring (bicyclic) bond motifs is 2. The lowest BCUT2D eigenvalue weighted by Crippen LogP contribution is -2.60. The van der Waals surface area contributed by atoms with Crippen LogP contribution in [0.5, 0.6) is 0 Å². The van der Waals surface area contributed by atoms with E-state index in [4.69, 9.17) is 65.4 Å². The molecule has 22 heteroatoms. The number of hydrogen-bond donors (Lipinski definition) is 8. The summed E-state index contributed by atoms with van der Waals surface area (Å²) in [5, 5.41) is 81.8.